The molecule has 0 spiro atoms. The van der Waals surface area contributed by atoms with E-state index in [1.54, 1.807) is 36.0 Å². The fourth-order valence-electron chi connectivity index (χ4n) is 1.25. The van der Waals surface area contributed by atoms with Gasteiger partial charge in [0.2, 0.25) is 5.91 Å². The third-order valence-corrected chi connectivity index (χ3v) is 3.14. The molecule has 0 aliphatic rings. The predicted octanol–water partition coefficient (Wildman–Crippen LogP) is 2.64. The van der Waals surface area contributed by atoms with Crippen LogP contribution in [0, 0.1) is 11.3 Å². The van der Waals surface area contributed by atoms with Gasteiger partial charge in [-0.2, -0.15) is 5.26 Å². The number of anilines is 1. The van der Waals surface area contributed by atoms with Gasteiger partial charge in [-0.3, -0.25) is 4.79 Å². The van der Waals surface area contributed by atoms with Crippen LogP contribution in [-0.4, -0.2) is 16.9 Å². The lowest BCUT2D eigenvalue weighted by atomic mass is 10.2. The van der Waals surface area contributed by atoms with Crippen molar-refractivity contribution in [2.24, 2.45) is 0 Å². The first-order chi connectivity index (χ1) is 7.69. The number of thioether (sulfide) groups is 1. The summed E-state index contributed by atoms with van der Waals surface area (Å²) < 4.78 is 0. The molecule has 3 nitrogen and oxygen atoms in total. The van der Waals surface area contributed by atoms with Gasteiger partial charge in [-0.1, -0.05) is 19.1 Å². The van der Waals surface area contributed by atoms with E-state index in [0.29, 0.717) is 11.3 Å². The van der Waals surface area contributed by atoms with Gasteiger partial charge in [0, 0.05) is 0 Å². The molecule has 0 bridgehead atoms. The molecule has 0 saturated carbocycles. The zero-order chi connectivity index (χ0) is 12.0. The minimum Gasteiger partial charge on any atom is -0.324 e. The summed E-state index contributed by atoms with van der Waals surface area (Å²) in [5, 5.41) is 11.5. The largest absolute Gasteiger partial charge is 0.324 e. The Bertz CT molecular complexity index is 412. The van der Waals surface area contributed by atoms with E-state index in [-0.39, 0.29) is 11.2 Å². The number of amides is 1. The van der Waals surface area contributed by atoms with Gasteiger partial charge in [-0.15, -0.1) is 11.8 Å². The molecule has 0 saturated heterocycles. The van der Waals surface area contributed by atoms with E-state index in [2.05, 4.69) is 11.4 Å². The summed E-state index contributed by atoms with van der Waals surface area (Å²) in [5.41, 5.74) is 1.07. The number of nitriles is 1. The lowest BCUT2D eigenvalue weighted by Gasteiger charge is -2.11. The number of hydrogen-bond acceptors (Lipinski definition) is 3. The maximum Gasteiger partial charge on any atom is 0.237 e. The number of carbonyl (C=O) groups excluding carboxylic acids is 1. The number of nitrogens with one attached hydrogen (secondary N) is 1. The highest BCUT2D eigenvalue weighted by atomic mass is 32.2. The molecule has 4 heteroatoms. The minimum absolute atomic E-state index is 0.0606. The Kier molecular flexibility index (Phi) is 4.87. The highest BCUT2D eigenvalue weighted by Crippen LogP contribution is 2.16. The highest BCUT2D eigenvalue weighted by Gasteiger charge is 2.13. The van der Waals surface area contributed by atoms with Crippen LogP contribution in [-0.2, 0) is 4.79 Å². The van der Waals surface area contributed by atoms with Gasteiger partial charge in [0.1, 0.15) is 6.07 Å². The molecule has 1 aromatic rings. The molecule has 1 N–H and O–H groups in total. The van der Waals surface area contributed by atoms with Crippen molar-refractivity contribution < 1.29 is 4.79 Å². The molecule has 0 aliphatic carbocycles. The first-order valence-corrected chi connectivity index (χ1v) is 6.15. The van der Waals surface area contributed by atoms with Gasteiger partial charge < -0.3 is 5.32 Å². The zero-order valence-electron chi connectivity index (χ0n) is 9.36. The Morgan fingerprint density at radius 1 is 1.56 bits per heavy atom. The summed E-state index contributed by atoms with van der Waals surface area (Å²) in [6, 6.07) is 9.05. The average Bonchev–Trinajstić information content (AvgIpc) is 2.30. The molecule has 0 aliphatic heterocycles. The van der Waals surface area contributed by atoms with Crippen LogP contribution in [0.15, 0.2) is 24.3 Å². The monoisotopic (exact) mass is 234 g/mol. The number of para-hydroxylation sites is 1. The first kappa shape index (κ1) is 12.6. The van der Waals surface area contributed by atoms with E-state index in [4.69, 9.17) is 5.26 Å². The van der Waals surface area contributed by atoms with Gasteiger partial charge in [-0.25, -0.2) is 0 Å². The summed E-state index contributed by atoms with van der Waals surface area (Å²) in [4.78, 5) is 11.7. The van der Waals surface area contributed by atoms with Crippen LogP contribution in [0.1, 0.15) is 19.4 Å². The standard InChI is InChI=1S/C12H14N2OS/c1-3-16-9(2)12(15)14-11-7-5-4-6-10(11)8-13/h4-7,9H,3H2,1-2H3,(H,14,15). The molecule has 0 radical (unpaired) electrons. The molecular weight excluding hydrogens is 220 g/mol. The summed E-state index contributed by atoms with van der Waals surface area (Å²) in [6.07, 6.45) is 0. The Morgan fingerprint density at radius 2 is 2.25 bits per heavy atom. The van der Waals surface area contributed by atoms with Crippen LogP contribution < -0.4 is 5.32 Å². The van der Waals surface area contributed by atoms with Gasteiger partial charge in [0.25, 0.3) is 0 Å². The fourth-order valence-corrected chi connectivity index (χ4v) is 1.96. The van der Waals surface area contributed by atoms with E-state index in [1.165, 1.54) is 0 Å². The molecule has 16 heavy (non-hydrogen) atoms. The lowest BCUT2D eigenvalue weighted by Crippen LogP contribution is -2.23. The van der Waals surface area contributed by atoms with E-state index < -0.39 is 0 Å². The van der Waals surface area contributed by atoms with Crippen molar-refractivity contribution in [1.29, 1.82) is 5.26 Å². The van der Waals surface area contributed by atoms with Gasteiger partial charge in [0.05, 0.1) is 16.5 Å². The molecule has 0 heterocycles. The normalized spacial score (nSPS) is 11.6. The van der Waals surface area contributed by atoms with Crippen molar-refractivity contribution in [2.45, 2.75) is 19.1 Å². The Morgan fingerprint density at radius 3 is 2.88 bits per heavy atom. The van der Waals surface area contributed by atoms with E-state index in [1.807, 2.05) is 13.8 Å². The van der Waals surface area contributed by atoms with Crippen molar-refractivity contribution >= 4 is 23.4 Å². The smallest absolute Gasteiger partial charge is 0.237 e. The van der Waals surface area contributed by atoms with Crippen molar-refractivity contribution in [3.05, 3.63) is 29.8 Å². The molecule has 1 amide bonds. The fraction of sp³-hybridized carbons (Fsp3) is 0.333. The Hall–Kier alpha value is -1.47. The third-order valence-electron chi connectivity index (χ3n) is 2.09. The highest BCUT2D eigenvalue weighted by molar-refractivity contribution is 8.00. The van der Waals surface area contributed by atoms with Crippen LogP contribution >= 0.6 is 11.8 Å². The SMILES string of the molecule is CCSC(C)C(=O)Nc1ccccc1C#N. The van der Waals surface area contributed by atoms with E-state index in [9.17, 15) is 4.79 Å². The molecule has 1 atom stereocenters. The number of rotatable bonds is 4. The van der Waals surface area contributed by atoms with Crippen molar-refractivity contribution in [3.8, 4) is 6.07 Å². The second-order valence-electron chi connectivity index (χ2n) is 3.24. The number of benzene rings is 1. The van der Waals surface area contributed by atoms with E-state index in [0.717, 1.165) is 5.75 Å². The maximum atomic E-state index is 11.7. The second kappa shape index (κ2) is 6.19. The van der Waals surface area contributed by atoms with Crippen molar-refractivity contribution in [1.82, 2.24) is 0 Å². The lowest BCUT2D eigenvalue weighted by molar-refractivity contribution is -0.115. The molecule has 1 unspecified atom stereocenters. The number of carbonyl (C=O) groups is 1. The Labute approximate surface area is 99.8 Å². The molecule has 84 valence electrons. The zero-order valence-corrected chi connectivity index (χ0v) is 10.2. The first-order valence-electron chi connectivity index (χ1n) is 5.10. The minimum atomic E-state index is -0.100. The predicted molar refractivity (Wildman–Crippen MR) is 67.4 cm³/mol. The summed E-state index contributed by atoms with van der Waals surface area (Å²) in [6.45, 7) is 3.87. The second-order valence-corrected chi connectivity index (χ2v) is 4.86. The van der Waals surface area contributed by atoms with Crippen LogP contribution in [0.3, 0.4) is 0 Å². The van der Waals surface area contributed by atoms with Gasteiger partial charge in [0.15, 0.2) is 0 Å². The Balaban J connectivity index is 2.74. The van der Waals surface area contributed by atoms with E-state index >= 15 is 0 Å². The summed E-state index contributed by atoms with van der Waals surface area (Å²) >= 11 is 1.58. The molecule has 1 rings (SSSR count). The van der Waals surface area contributed by atoms with Crippen LogP contribution in [0.5, 0.6) is 0 Å². The third kappa shape index (κ3) is 3.28. The number of nitrogens with zero attached hydrogens (tertiary/aromatic N) is 1. The topological polar surface area (TPSA) is 52.9 Å². The molecule has 0 aromatic heterocycles. The summed E-state index contributed by atoms with van der Waals surface area (Å²) in [7, 11) is 0. The van der Waals surface area contributed by atoms with Crippen LogP contribution in [0.25, 0.3) is 0 Å². The van der Waals surface area contributed by atoms with Crippen LogP contribution in [0.2, 0.25) is 0 Å². The van der Waals surface area contributed by atoms with Gasteiger partial charge in [-0.05, 0) is 24.8 Å². The van der Waals surface area contributed by atoms with Crippen LogP contribution in [0.4, 0.5) is 5.69 Å². The van der Waals surface area contributed by atoms with Crippen molar-refractivity contribution in [2.75, 3.05) is 11.1 Å². The average molecular weight is 234 g/mol. The molecule has 1 aromatic carbocycles. The van der Waals surface area contributed by atoms with Gasteiger partial charge >= 0.3 is 0 Å². The summed E-state index contributed by atoms with van der Waals surface area (Å²) in [5.74, 6) is 0.837. The quantitative estimate of drug-likeness (QED) is 0.871. The van der Waals surface area contributed by atoms with Crippen molar-refractivity contribution in [3.63, 3.8) is 0 Å². The molecular formula is C12H14N2OS. The maximum absolute atomic E-state index is 11.7. The molecule has 0 fully saturated rings. The number of hydrogen-bond donors (Lipinski definition) is 1.